The summed E-state index contributed by atoms with van der Waals surface area (Å²) in [4.78, 5) is 17.2. The number of carboxylic acid groups (broad SMARTS) is 1. The van der Waals surface area contributed by atoms with Gasteiger partial charge < -0.3 is 15.2 Å². The third-order valence-electron chi connectivity index (χ3n) is 2.33. The van der Waals surface area contributed by atoms with E-state index in [9.17, 15) is 9.90 Å². The van der Waals surface area contributed by atoms with Gasteiger partial charge in [-0.2, -0.15) is 0 Å². The summed E-state index contributed by atoms with van der Waals surface area (Å²) < 4.78 is 0.886. The molecule has 88 valence electrons. The van der Waals surface area contributed by atoms with Crippen molar-refractivity contribution in [1.29, 1.82) is 0 Å². The first-order valence-corrected chi connectivity index (χ1v) is 5.59. The fraction of sp³-hybridized carbons (Fsp3) is 0.0909. The molecule has 1 atom stereocenters. The summed E-state index contributed by atoms with van der Waals surface area (Å²) in [6.45, 7) is 0. The molecule has 2 aromatic rings. The van der Waals surface area contributed by atoms with Gasteiger partial charge in [-0.25, -0.2) is 9.78 Å². The minimum absolute atomic E-state index is 0.166. The van der Waals surface area contributed by atoms with E-state index in [-0.39, 0.29) is 11.4 Å². The van der Waals surface area contributed by atoms with E-state index >= 15 is 0 Å². The smallest absolute Gasteiger partial charge is 0.356 e. The average molecular weight is 297 g/mol. The van der Waals surface area contributed by atoms with Gasteiger partial charge in [-0.05, 0) is 17.7 Å². The zero-order chi connectivity index (χ0) is 12.4. The quantitative estimate of drug-likeness (QED) is 0.808. The van der Waals surface area contributed by atoms with Gasteiger partial charge in [0.05, 0.1) is 12.0 Å². The molecule has 0 amide bonds. The predicted octanol–water partition coefficient (Wildman–Crippen LogP) is 1.95. The van der Waals surface area contributed by atoms with Crippen LogP contribution >= 0.6 is 15.9 Å². The van der Waals surface area contributed by atoms with Crippen LogP contribution in [0.5, 0.6) is 0 Å². The van der Waals surface area contributed by atoms with E-state index < -0.39 is 12.1 Å². The highest BCUT2D eigenvalue weighted by Crippen LogP contribution is 2.23. The third kappa shape index (κ3) is 2.37. The number of aromatic carboxylic acids is 1. The number of H-pyrrole nitrogens is 1. The van der Waals surface area contributed by atoms with Crippen molar-refractivity contribution < 1.29 is 15.0 Å². The highest BCUT2D eigenvalue weighted by Gasteiger charge is 2.21. The first-order valence-electron chi connectivity index (χ1n) is 4.79. The molecule has 2 rings (SSSR count). The Labute approximate surface area is 105 Å². The number of nitrogens with one attached hydrogen (secondary N) is 1. The molecule has 0 aliphatic carbocycles. The molecule has 17 heavy (non-hydrogen) atoms. The number of carbonyl (C=O) groups is 1. The molecule has 1 aromatic heterocycles. The first-order chi connectivity index (χ1) is 8.09. The number of halogens is 1. The number of aliphatic hydroxyl groups is 1. The van der Waals surface area contributed by atoms with Crippen molar-refractivity contribution in [2.45, 2.75) is 6.10 Å². The van der Waals surface area contributed by atoms with Gasteiger partial charge in [0, 0.05) is 4.47 Å². The van der Waals surface area contributed by atoms with Crippen molar-refractivity contribution in [3.05, 3.63) is 52.0 Å². The van der Waals surface area contributed by atoms with Gasteiger partial charge in [0.25, 0.3) is 0 Å². The molecular weight excluding hydrogens is 288 g/mol. The van der Waals surface area contributed by atoms with E-state index in [1.165, 1.54) is 6.33 Å². The lowest BCUT2D eigenvalue weighted by Gasteiger charge is -2.09. The molecule has 1 unspecified atom stereocenters. The minimum atomic E-state index is -1.17. The predicted molar refractivity (Wildman–Crippen MR) is 63.8 cm³/mol. The number of hydrogen-bond donors (Lipinski definition) is 3. The van der Waals surface area contributed by atoms with Crippen LogP contribution in [0.15, 0.2) is 35.1 Å². The van der Waals surface area contributed by atoms with E-state index in [1.54, 1.807) is 24.3 Å². The Hall–Kier alpha value is -1.66. The largest absolute Gasteiger partial charge is 0.476 e. The Kier molecular flexibility index (Phi) is 3.26. The Bertz CT molecular complexity index is 536. The molecule has 0 saturated heterocycles. The summed E-state index contributed by atoms with van der Waals surface area (Å²) >= 11 is 3.29. The number of aromatic nitrogens is 2. The summed E-state index contributed by atoms with van der Waals surface area (Å²) in [5, 5.41) is 18.9. The maximum Gasteiger partial charge on any atom is 0.356 e. The number of aromatic amines is 1. The molecule has 5 nitrogen and oxygen atoms in total. The summed E-state index contributed by atoms with van der Waals surface area (Å²) in [5.41, 5.74) is 0.611. The molecule has 0 aliphatic heterocycles. The van der Waals surface area contributed by atoms with Crippen molar-refractivity contribution in [1.82, 2.24) is 9.97 Å². The number of aliphatic hydroxyl groups excluding tert-OH is 1. The second-order valence-electron chi connectivity index (χ2n) is 3.42. The Balaban J connectivity index is 2.36. The summed E-state index contributed by atoms with van der Waals surface area (Å²) in [6, 6.07) is 6.97. The lowest BCUT2D eigenvalue weighted by atomic mass is 10.1. The third-order valence-corrected chi connectivity index (χ3v) is 2.86. The summed E-state index contributed by atoms with van der Waals surface area (Å²) in [7, 11) is 0. The van der Waals surface area contributed by atoms with E-state index in [0.717, 1.165) is 4.47 Å². The maximum atomic E-state index is 10.9. The lowest BCUT2D eigenvalue weighted by molar-refractivity contribution is 0.0685. The number of imidazole rings is 1. The molecule has 3 N–H and O–H groups in total. The van der Waals surface area contributed by atoms with Gasteiger partial charge in [0.1, 0.15) is 6.10 Å². The molecule has 0 bridgehead atoms. The molecule has 0 spiro atoms. The van der Waals surface area contributed by atoms with Gasteiger partial charge in [0.15, 0.2) is 5.69 Å². The van der Waals surface area contributed by atoms with Gasteiger partial charge in [-0.3, -0.25) is 0 Å². The molecule has 0 radical (unpaired) electrons. The monoisotopic (exact) mass is 296 g/mol. The van der Waals surface area contributed by atoms with Crippen molar-refractivity contribution in [2.75, 3.05) is 0 Å². The van der Waals surface area contributed by atoms with E-state index in [2.05, 4.69) is 25.9 Å². The fourth-order valence-corrected chi connectivity index (χ4v) is 1.76. The first kappa shape index (κ1) is 11.8. The van der Waals surface area contributed by atoms with Crippen LogP contribution in [0.4, 0.5) is 0 Å². The molecule has 1 heterocycles. The number of rotatable bonds is 3. The van der Waals surface area contributed by atoms with Gasteiger partial charge in [-0.15, -0.1) is 0 Å². The average Bonchev–Trinajstić information content (AvgIpc) is 2.78. The van der Waals surface area contributed by atoms with Crippen LogP contribution in [-0.2, 0) is 0 Å². The highest BCUT2D eigenvalue weighted by atomic mass is 79.9. The van der Waals surface area contributed by atoms with Crippen LogP contribution in [0.3, 0.4) is 0 Å². The van der Waals surface area contributed by atoms with Crippen LogP contribution < -0.4 is 0 Å². The Morgan fingerprint density at radius 3 is 2.59 bits per heavy atom. The van der Waals surface area contributed by atoms with E-state index in [4.69, 9.17) is 5.11 Å². The van der Waals surface area contributed by atoms with Crippen molar-refractivity contribution in [2.24, 2.45) is 0 Å². The minimum Gasteiger partial charge on any atom is -0.476 e. The second kappa shape index (κ2) is 4.68. The van der Waals surface area contributed by atoms with E-state index in [0.29, 0.717) is 5.56 Å². The number of carboxylic acids is 1. The van der Waals surface area contributed by atoms with Crippen molar-refractivity contribution in [3.63, 3.8) is 0 Å². The summed E-state index contributed by atoms with van der Waals surface area (Å²) in [6.07, 6.45) is 0.220. The maximum absolute atomic E-state index is 10.9. The molecule has 0 fully saturated rings. The van der Waals surface area contributed by atoms with Crippen molar-refractivity contribution >= 4 is 21.9 Å². The van der Waals surface area contributed by atoms with Gasteiger partial charge in [0.2, 0.25) is 0 Å². The molecule has 6 heteroatoms. The SMILES string of the molecule is O=C(O)c1nc[nH]c1C(O)c1ccc(Br)cc1. The Morgan fingerprint density at radius 2 is 2.00 bits per heavy atom. The molecular formula is C11H9BrN2O3. The van der Waals surface area contributed by atoms with Crippen molar-refractivity contribution in [3.8, 4) is 0 Å². The standard InChI is InChI=1S/C11H9BrN2O3/c12-7-3-1-6(2-4-7)10(15)8-9(11(16)17)14-5-13-8/h1-5,10,15H,(H,13,14)(H,16,17). The lowest BCUT2D eigenvalue weighted by Crippen LogP contribution is -2.08. The van der Waals surface area contributed by atoms with Crippen LogP contribution in [-0.4, -0.2) is 26.2 Å². The number of nitrogens with zero attached hydrogens (tertiary/aromatic N) is 1. The Morgan fingerprint density at radius 1 is 1.35 bits per heavy atom. The second-order valence-corrected chi connectivity index (χ2v) is 4.34. The molecule has 1 aromatic carbocycles. The highest BCUT2D eigenvalue weighted by molar-refractivity contribution is 9.10. The molecule has 0 saturated carbocycles. The zero-order valence-corrected chi connectivity index (χ0v) is 10.2. The zero-order valence-electron chi connectivity index (χ0n) is 8.59. The van der Waals surface area contributed by atoms with Crippen LogP contribution in [0.2, 0.25) is 0 Å². The molecule has 0 aliphatic rings. The number of hydrogen-bond acceptors (Lipinski definition) is 3. The van der Waals surface area contributed by atoms with E-state index in [1.807, 2.05) is 0 Å². The van der Waals surface area contributed by atoms with Gasteiger partial charge >= 0.3 is 5.97 Å². The topological polar surface area (TPSA) is 86.2 Å². The number of benzene rings is 1. The van der Waals surface area contributed by atoms with Gasteiger partial charge in [-0.1, -0.05) is 28.1 Å². The van der Waals surface area contributed by atoms with Crippen LogP contribution in [0.1, 0.15) is 27.8 Å². The summed E-state index contributed by atoms with van der Waals surface area (Å²) in [5.74, 6) is -1.17. The normalized spacial score (nSPS) is 12.4. The van der Waals surface area contributed by atoms with Crippen LogP contribution in [0, 0.1) is 0 Å². The fourth-order valence-electron chi connectivity index (χ4n) is 1.49. The van der Waals surface area contributed by atoms with Crippen LogP contribution in [0.25, 0.3) is 0 Å².